The van der Waals surface area contributed by atoms with Crippen LogP contribution in [0.3, 0.4) is 0 Å². The van der Waals surface area contributed by atoms with Crippen molar-refractivity contribution in [2.45, 2.75) is 13.8 Å². The zero-order valence-corrected chi connectivity index (χ0v) is 10.8. The molecule has 0 aliphatic heterocycles. The zero-order chi connectivity index (χ0) is 13.1. The summed E-state index contributed by atoms with van der Waals surface area (Å²) >= 11 is 0. The van der Waals surface area contributed by atoms with Crippen LogP contribution in [0.15, 0.2) is 22.6 Å². The Hall–Kier alpha value is -1.56. The minimum absolute atomic E-state index is 0.108. The van der Waals surface area contributed by atoms with E-state index in [0.29, 0.717) is 5.76 Å². The Balaban J connectivity index is 2.76. The van der Waals surface area contributed by atoms with E-state index in [1.165, 1.54) is 26.1 Å². The fraction of sp³-hybridized carbons (Fsp3) is 0.364. The van der Waals surface area contributed by atoms with Gasteiger partial charge in [0, 0.05) is 13.1 Å². The van der Waals surface area contributed by atoms with Crippen LogP contribution in [-0.4, -0.2) is 31.4 Å². The van der Waals surface area contributed by atoms with E-state index in [9.17, 15) is 13.2 Å². The summed E-state index contributed by atoms with van der Waals surface area (Å²) in [7, 11) is -2.26. The van der Waals surface area contributed by atoms with Crippen LogP contribution in [0.25, 0.3) is 6.08 Å². The van der Waals surface area contributed by atoms with Crippen LogP contribution >= 0.6 is 0 Å². The summed E-state index contributed by atoms with van der Waals surface area (Å²) in [5.74, 6) is 0.536. The second kappa shape index (κ2) is 5.18. The molecule has 0 saturated carbocycles. The predicted molar refractivity (Wildman–Crippen MR) is 64.7 cm³/mol. The first kappa shape index (κ1) is 13.5. The summed E-state index contributed by atoms with van der Waals surface area (Å²) in [6.07, 6.45) is 2.61. The van der Waals surface area contributed by atoms with E-state index < -0.39 is 15.9 Å². The molecule has 1 aromatic heterocycles. The van der Waals surface area contributed by atoms with Gasteiger partial charge in [-0.1, -0.05) is 0 Å². The van der Waals surface area contributed by atoms with Crippen LogP contribution < -0.4 is 0 Å². The van der Waals surface area contributed by atoms with E-state index in [1.807, 2.05) is 0 Å². The van der Waals surface area contributed by atoms with Crippen LogP contribution in [0.2, 0.25) is 0 Å². The smallest absolute Gasteiger partial charge is 0.259 e. The van der Waals surface area contributed by atoms with E-state index in [0.717, 1.165) is 10.1 Å². The molecule has 0 N–H and O–H groups in total. The van der Waals surface area contributed by atoms with Gasteiger partial charge in [-0.25, -0.2) is 12.7 Å². The first-order valence-electron chi connectivity index (χ1n) is 5.12. The quantitative estimate of drug-likeness (QED) is 0.765. The van der Waals surface area contributed by atoms with Crippen molar-refractivity contribution in [2.24, 2.45) is 0 Å². The van der Waals surface area contributed by atoms with E-state index in [1.54, 1.807) is 19.1 Å². The third-order valence-corrected chi connectivity index (χ3v) is 3.99. The third-order valence-electron chi connectivity index (χ3n) is 2.24. The number of rotatable bonds is 4. The van der Waals surface area contributed by atoms with E-state index in [4.69, 9.17) is 4.42 Å². The number of carbonyl (C=O) groups is 1. The number of carbonyl (C=O) groups excluding carboxylic acids is 1. The SMILES string of the molecule is CCS(=O)(=O)N(C)C(=O)/C=C/c1ccc(C)o1. The highest BCUT2D eigenvalue weighted by atomic mass is 32.2. The number of hydrogen-bond donors (Lipinski definition) is 0. The monoisotopic (exact) mass is 257 g/mol. The lowest BCUT2D eigenvalue weighted by atomic mass is 10.4. The van der Waals surface area contributed by atoms with Crippen LogP contribution in [0.1, 0.15) is 18.4 Å². The molecule has 1 aromatic rings. The van der Waals surface area contributed by atoms with Crippen molar-refractivity contribution < 1.29 is 17.6 Å². The molecule has 0 unspecified atom stereocenters. The van der Waals surface area contributed by atoms with Crippen molar-refractivity contribution in [3.63, 3.8) is 0 Å². The highest BCUT2D eigenvalue weighted by Crippen LogP contribution is 2.08. The summed E-state index contributed by atoms with van der Waals surface area (Å²) in [5, 5.41) is 0. The van der Waals surface area contributed by atoms with Gasteiger partial charge in [0.05, 0.1) is 5.75 Å². The molecule has 1 heterocycles. The Labute approximate surface area is 101 Å². The maximum Gasteiger partial charge on any atom is 0.259 e. The number of nitrogens with zero attached hydrogens (tertiary/aromatic N) is 1. The fourth-order valence-electron chi connectivity index (χ4n) is 1.13. The molecule has 94 valence electrons. The standard InChI is InChI=1S/C11H15NO4S/c1-4-17(14,15)12(3)11(13)8-7-10-6-5-9(2)16-10/h5-8H,4H2,1-3H3/b8-7+. The minimum Gasteiger partial charge on any atom is -0.462 e. The number of sulfonamides is 1. The van der Waals surface area contributed by atoms with Gasteiger partial charge in [-0.2, -0.15) is 0 Å². The molecule has 1 rings (SSSR count). The van der Waals surface area contributed by atoms with Crippen LogP contribution in [0.4, 0.5) is 0 Å². The molecule has 6 heteroatoms. The van der Waals surface area contributed by atoms with Crippen LogP contribution in [0.5, 0.6) is 0 Å². The van der Waals surface area contributed by atoms with Crippen LogP contribution in [0, 0.1) is 6.92 Å². The lowest BCUT2D eigenvalue weighted by Crippen LogP contribution is -2.32. The first-order valence-corrected chi connectivity index (χ1v) is 6.73. The summed E-state index contributed by atoms with van der Waals surface area (Å²) in [5.41, 5.74) is 0. The van der Waals surface area contributed by atoms with Gasteiger partial charge in [-0.05, 0) is 32.1 Å². The molecule has 0 aliphatic carbocycles. The summed E-state index contributed by atoms with van der Waals surface area (Å²) in [6.45, 7) is 3.27. The molecule has 0 radical (unpaired) electrons. The summed E-state index contributed by atoms with van der Waals surface area (Å²) in [6, 6.07) is 3.46. The van der Waals surface area contributed by atoms with E-state index >= 15 is 0 Å². The van der Waals surface area contributed by atoms with Crippen molar-refractivity contribution in [1.82, 2.24) is 4.31 Å². The maximum atomic E-state index is 11.5. The average molecular weight is 257 g/mol. The topological polar surface area (TPSA) is 67.6 Å². The van der Waals surface area contributed by atoms with Crippen molar-refractivity contribution in [3.8, 4) is 0 Å². The van der Waals surface area contributed by atoms with Gasteiger partial charge in [-0.15, -0.1) is 0 Å². The number of aryl methyl sites for hydroxylation is 1. The molecule has 0 bridgehead atoms. The molecule has 0 aliphatic rings. The normalized spacial score (nSPS) is 11.9. The van der Waals surface area contributed by atoms with Crippen molar-refractivity contribution >= 4 is 22.0 Å². The number of likely N-dealkylation sites (N-methyl/N-ethyl adjacent to an activating group) is 1. The molecule has 5 nitrogen and oxygen atoms in total. The second-order valence-electron chi connectivity index (χ2n) is 3.49. The van der Waals surface area contributed by atoms with Gasteiger partial charge in [0.15, 0.2) is 0 Å². The molecular weight excluding hydrogens is 242 g/mol. The van der Waals surface area contributed by atoms with Crippen molar-refractivity contribution in [2.75, 3.05) is 12.8 Å². The summed E-state index contributed by atoms with van der Waals surface area (Å²) < 4.78 is 28.7. The Morgan fingerprint density at radius 1 is 1.47 bits per heavy atom. The Bertz CT molecular complexity index is 527. The largest absolute Gasteiger partial charge is 0.462 e. The van der Waals surface area contributed by atoms with Gasteiger partial charge in [-0.3, -0.25) is 4.79 Å². The third kappa shape index (κ3) is 3.45. The second-order valence-corrected chi connectivity index (χ2v) is 5.78. The van der Waals surface area contributed by atoms with E-state index in [2.05, 4.69) is 0 Å². The van der Waals surface area contributed by atoms with E-state index in [-0.39, 0.29) is 5.75 Å². The Morgan fingerprint density at radius 2 is 2.12 bits per heavy atom. The number of amides is 1. The van der Waals surface area contributed by atoms with Gasteiger partial charge in [0.1, 0.15) is 11.5 Å². The maximum absolute atomic E-state index is 11.5. The first-order chi connectivity index (χ1) is 7.86. The number of furan rings is 1. The number of hydrogen-bond acceptors (Lipinski definition) is 4. The molecule has 0 fully saturated rings. The van der Waals surface area contributed by atoms with Crippen LogP contribution in [-0.2, 0) is 14.8 Å². The Morgan fingerprint density at radius 3 is 2.59 bits per heavy atom. The molecule has 17 heavy (non-hydrogen) atoms. The molecule has 0 saturated heterocycles. The highest BCUT2D eigenvalue weighted by Gasteiger charge is 2.18. The molecule has 0 aromatic carbocycles. The predicted octanol–water partition coefficient (Wildman–Crippen LogP) is 1.41. The van der Waals surface area contributed by atoms with Gasteiger partial charge in [0.2, 0.25) is 10.0 Å². The van der Waals surface area contributed by atoms with Gasteiger partial charge >= 0.3 is 0 Å². The average Bonchev–Trinajstić information content (AvgIpc) is 2.71. The molecule has 0 atom stereocenters. The van der Waals surface area contributed by atoms with Gasteiger partial charge in [0.25, 0.3) is 5.91 Å². The molecular formula is C11H15NO4S. The zero-order valence-electron chi connectivity index (χ0n) is 10.0. The fourth-order valence-corrected chi connectivity index (χ4v) is 1.85. The molecule has 1 amide bonds. The van der Waals surface area contributed by atoms with Crippen molar-refractivity contribution in [1.29, 1.82) is 0 Å². The van der Waals surface area contributed by atoms with Crippen molar-refractivity contribution in [3.05, 3.63) is 29.7 Å². The lowest BCUT2D eigenvalue weighted by Gasteiger charge is -2.13. The highest BCUT2D eigenvalue weighted by molar-refractivity contribution is 7.89. The summed E-state index contributed by atoms with van der Waals surface area (Å²) in [4.78, 5) is 11.5. The lowest BCUT2D eigenvalue weighted by molar-refractivity contribution is -0.120. The molecule has 0 spiro atoms. The minimum atomic E-state index is -3.49. The Kier molecular flexibility index (Phi) is 4.11. The van der Waals surface area contributed by atoms with Gasteiger partial charge < -0.3 is 4.42 Å².